The number of rotatable bonds is 3. The highest BCUT2D eigenvalue weighted by Gasteiger charge is 2.31. The van der Waals surface area contributed by atoms with E-state index in [4.69, 9.17) is 5.26 Å². The van der Waals surface area contributed by atoms with Crippen LogP contribution < -0.4 is 15.5 Å². The highest BCUT2D eigenvalue weighted by molar-refractivity contribution is 5.97. The normalized spacial score (nSPS) is 16.3. The molecule has 1 heterocycles. The topological polar surface area (TPSA) is 85.2 Å². The van der Waals surface area contributed by atoms with Crippen molar-refractivity contribution in [3.05, 3.63) is 59.7 Å². The number of hydrogen-bond donors (Lipinski definition) is 2. The molecule has 1 saturated heterocycles. The number of nitrogens with zero attached hydrogens (tertiary/aromatic N) is 2. The van der Waals surface area contributed by atoms with Gasteiger partial charge in [-0.1, -0.05) is 0 Å². The SMILES string of the molecule is N#Cc1ccc(N2CC(NC(=O)Nc3cc(F)ccc3F)CC2=O)cc1. The van der Waals surface area contributed by atoms with Gasteiger partial charge in [0.2, 0.25) is 5.91 Å². The second-order valence-electron chi connectivity index (χ2n) is 5.79. The zero-order chi connectivity index (χ0) is 18.7. The van der Waals surface area contributed by atoms with Gasteiger partial charge in [0.25, 0.3) is 0 Å². The number of amides is 3. The minimum Gasteiger partial charge on any atom is -0.333 e. The summed E-state index contributed by atoms with van der Waals surface area (Å²) in [5, 5.41) is 13.6. The molecule has 3 amide bonds. The molecule has 8 heteroatoms. The van der Waals surface area contributed by atoms with Crippen LogP contribution in [0.25, 0.3) is 0 Å². The highest BCUT2D eigenvalue weighted by atomic mass is 19.1. The minimum absolute atomic E-state index is 0.0824. The first-order chi connectivity index (χ1) is 12.5. The van der Waals surface area contributed by atoms with Crippen LogP contribution in [-0.2, 0) is 4.79 Å². The summed E-state index contributed by atoms with van der Waals surface area (Å²) in [6.45, 7) is 0.240. The van der Waals surface area contributed by atoms with Gasteiger partial charge >= 0.3 is 6.03 Å². The van der Waals surface area contributed by atoms with Crippen LogP contribution in [0.1, 0.15) is 12.0 Å². The van der Waals surface area contributed by atoms with E-state index in [1.165, 1.54) is 4.90 Å². The van der Waals surface area contributed by atoms with Crippen LogP contribution in [0.5, 0.6) is 0 Å². The zero-order valence-corrected chi connectivity index (χ0v) is 13.5. The minimum atomic E-state index is -0.761. The van der Waals surface area contributed by atoms with E-state index >= 15 is 0 Å². The monoisotopic (exact) mass is 356 g/mol. The lowest BCUT2D eigenvalue weighted by atomic mass is 10.2. The van der Waals surface area contributed by atoms with Crippen molar-refractivity contribution < 1.29 is 18.4 Å². The Labute approximate surface area is 148 Å². The number of carbonyl (C=O) groups is 2. The van der Waals surface area contributed by atoms with Crippen molar-refractivity contribution in [2.45, 2.75) is 12.5 Å². The van der Waals surface area contributed by atoms with Crippen LogP contribution in [-0.4, -0.2) is 24.5 Å². The maximum absolute atomic E-state index is 13.6. The third-order valence-corrected chi connectivity index (χ3v) is 3.94. The smallest absolute Gasteiger partial charge is 0.319 e. The first-order valence-corrected chi connectivity index (χ1v) is 7.79. The molecule has 1 unspecified atom stereocenters. The van der Waals surface area contributed by atoms with Crippen molar-refractivity contribution in [2.24, 2.45) is 0 Å². The molecule has 0 spiro atoms. The summed E-state index contributed by atoms with van der Waals surface area (Å²) in [6.07, 6.45) is 0.0824. The fourth-order valence-corrected chi connectivity index (χ4v) is 2.71. The van der Waals surface area contributed by atoms with Gasteiger partial charge in [0.15, 0.2) is 0 Å². The van der Waals surface area contributed by atoms with Crippen molar-refractivity contribution in [2.75, 3.05) is 16.8 Å². The van der Waals surface area contributed by atoms with E-state index in [2.05, 4.69) is 10.6 Å². The van der Waals surface area contributed by atoms with Gasteiger partial charge in [-0.3, -0.25) is 4.79 Å². The van der Waals surface area contributed by atoms with Crippen LogP contribution in [0, 0.1) is 23.0 Å². The molecular weight excluding hydrogens is 342 g/mol. The fourth-order valence-electron chi connectivity index (χ4n) is 2.71. The summed E-state index contributed by atoms with van der Waals surface area (Å²) in [6, 6.07) is 10.0. The van der Waals surface area contributed by atoms with Crippen molar-refractivity contribution in [1.82, 2.24) is 5.32 Å². The molecule has 2 aromatic carbocycles. The Balaban J connectivity index is 1.62. The van der Waals surface area contributed by atoms with E-state index in [1.807, 2.05) is 6.07 Å². The number of anilines is 2. The molecule has 1 atom stereocenters. The summed E-state index contributed by atoms with van der Waals surface area (Å²) in [4.78, 5) is 25.6. The van der Waals surface area contributed by atoms with E-state index in [1.54, 1.807) is 24.3 Å². The summed E-state index contributed by atoms with van der Waals surface area (Å²) < 4.78 is 26.7. The molecule has 0 aliphatic carbocycles. The van der Waals surface area contributed by atoms with Gasteiger partial charge in [-0.15, -0.1) is 0 Å². The molecule has 0 radical (unpaired) electrons. The maximum atomic E-state index is 13.6. The Hall–Kier alpha value is -3.47. The van der Waals surface area contributed by atoms with Gasteiger partial charge in [0, 0.05) is 24.7 Å². The molecule has 26 heavy (non-hydrogen) atoms. The number of halogens is 2. The molecule has 1 aliphatic rings. The van der Waals surface area contributed by atoms with Crippen LogP contribution in [0.2, 0.25) is 0 Å². The van der Waals surface area contributed by atoms with Crippen molar-refractivity contribution >= 4 is 23.3 Å². The lowest BCUT2D eigenvalue weighted by Crippen LogP contribution is -2.39. The Bertz CT molecular complexity index is 893. The van der Waals surface area contributed by atoms with Gasteiger partial charge in [0.1, 0.15) is 11.6 Å². The molecular formula is C18H14F2N4O2. The summed E-state index contributed by atoms with van der Waals surface area (Å²) in [5.41, 5.74) is 0.817. The van der Waals surface area contributed by atoms with Gasteiger partial charge < -0.3 is 15.5 Å². The molecule has 2 aromatic rings. The summed E-state index contributed by atoms with van der Waals surface area (Å²) >= 11 is 0. The van der Waals surface area contributed by atoms with Crippen molar-refractivity contribution in [3.8, 4) is 6.07 Å². The standard InChI is InChI=1S/C18H14F2N4O2/c19-12-3-6-15(20)16(7-12)23-18(26)22-13-8-17(25)24(10-13)14-4-1-11(9-21)2-5-14/h1-7,13H,8,10H2,(H2,22,23,26). The molecule has 0 bridgehead atoms. The number of hydrogen-bond acceptors (Lipinski definition) is 3. The number of urea groups is 1. The molecule has 0 saturated carbocycles. The molecule has 132 valence electrons. The van der Waals surface area contributed by atoms with Gasteiger partial charge in [-0.05, 0) is 36.4 Å². The summed E-state index contributed by atoms with van der Waals surface area (Å²) in [7, 11) is 0. The van der Waals surface area contributed by atoms with Crippen molar-refractivity contribution in [1.29, 1.82) is 5.26 Å². The van der Waals surface area contributed by atoms with E-state index in [-0.39, 0.29) is 24.6 Å². The third-order valence-electron chi connectivity index (χ3n) is 3.94. The van der Waals surface area contributed by atoms with Crippen LogP contribution in [0.15, 0.2) is 42.5 Å². The van der Waals surface area contributed by atoms with E-state index in [0.29, 0.717) is 11.3 Å². The molecule has 1 aliphatic heterocycles. The van der Waals surface area contributed by atoms with Crippen LogP contribution in [0.3, 0.4) is 0 Å². The second kappa shape index (κ2) is 7.19. The molecule has 1 fully saturated rings. The van der Waals surface area contributed by atoms with Gasteiger partial charge in [-0.2, -0.15) is 5.26 Å². The Kier molecular flexibility index (Phi) is 4.80. The number of nitrogens with one attached hydrogen (secondary N) is 2. The average Bonchev–Trinajstić information content (AvgIpc) is 2.98. The highest BCUT2D eigenvalue weighted by Crippen LogP contribution is 2.22. The summed E-state index contributed by atoms with van der Waals surface area (Å²) in [5.74, 6) is -1.62. The Morgan fingerprint density at radius 2 is 1.92 bits per heavy atom. The van der Waals surface area contributed by atoms with Gasteiger partial charge in [0.05, 0.1) is 23.4 Å². The molecule has 0 aromatic heterocycles. The third kappa shape index (κ3) is 3.78. The fraction of sp³-hybridized carbons (Fsp3) is 0.167. The largest absolute Gasteiger partial charge is 0.333 e. The van der Waals surface area contributed by atoms with Crippen LogP contribution in [0.4, 0.5) is 25.0 Å². The van der Waals surface area contributed by atoms with Crippen molar-refractivity contribution in [3.63, 3.8) is 0 Å². The Morgan fingerprint density at radius 3 is 2.62 bits per heavy atom. The number of carbonyl (C=O) groups excluding carboxylic acids is 2. The first kappa shape index (κ1) is 17.4. The second-order valence-corrected chi connectivity index (χ2v) is 5.79. The predicted octanol–water partition coefficient (Wildman–Crippen LogP) is 2.76. The maximum Gasteiger partial charge on any atom is 0.319 e. The van der Waals surface area contributed by atoms with Crippen LogP contribution >= 0.6 is 0 Å². The van der Waals surface area contributed by atoms with E-state index in [0.717, 1.165) is 18.2 Å². The van der Waals surface area contributed by atoms with E-state index < -0.39 is 23.7 Å². The molecule has 2 N–H and O–H groups in total. The number of benzene rings is 2. The lowest BCUT2D eigenvalue weighted by Gasteiger charge is -2.17. The number of nitriles is 1. The predicted molar refractivity (Wildman–Crippen MR) is 90.4 cm³/mol. The molecule has 6 nitrogen and oxygen atoms in total. The Morgan fingerprint density at radius 1 is 1.19 bits per heavy atom. The average molecular weight is 356 g/mol. The van der Waals surface area contributed by atoms with Gasteiger partial charge in [-0.25, -0.2) is 13.6 Å². The quantitative estimate of drug-likeness (QED) is 0.887. The first-order valence-electron chi connectivity index (χ1n) is 7.79. The van der Waals surface area contributed by atoms with E-state index in [9.17, 15) is 18.4 Å². The lowest BCUT2D eigenvalue weighted by molar-refractivity contribution is -0.117. The zero-order valence-electron chi connectivity index (χ0n) is 13.5. The molecule has 3 rings (SSSR count).